The van der Waals surface area contributed by atoms with E-state index in [2.05, 4.69) is 22.3 Å². The third-order valence-electron chi connectivity index (χ3n) is 5.08. The zero-order chi connectivity index (χ0) is 14.4. The number of rotatable bonds is 2. The minimum atomic E-state index is -0.237. The first-order chi connectivity index (χ1) is 10.2. The van der Waals surface area contributed by atoms with E-state index in [9.17, 15) is 4.39 Å². The molecule has 2 fully saturated rings. The fraction of sp³-hybridized carbons (Fsp3) is 0.500. The van der Waals surface area contributed by atoms with Crippen molar-refractivity contribution in [2.24, 2.45) is 0 Å². The van der Waals surface area contributed by atoms with Crippen molar-refractivity contribution in [3.8, 4) is 11.3 Å². The minimum absolute atomic E-state index is 0.237. The van der Waals surface area contributed by atoms with E-state index in [4.69, 9.17) is 0 Å². The van der Waals surface area contributed by atoms with Gasteiger partial charge in [0, 0.05) is 17.6 Å². The molecule has 1 aromatic carbocycles. The van der Waals surface area contributed by atoms with Gasteiger partial charge in [0.15, 0.2) is 0 Å². The number of aromatic nitrogens is 3. The summed E-state index contributed by atoms with van der Waals surface area (Å²) in [4.78, 5) is 2.51. The highest BCUT2D eigenvalue weighted by Gasteiger charge is 2.39. The van der Waals surface area contributed by atoms with Gasteiger partial charge in [0.1, 0.15) is 11.5 Å². The van der Waals surface area contributed by atoms with Crippen LogP contribution in [0.4, 0.5) is 4.39 Å². The first-order valence-electron chi connectivity index (χ1n) is 7.60. The van der Waals surface area contributed by atoms with E-state index in [0.29, 0.717) is 18.1 Å². The fourth-order valence-corrected chi connectivity index (χ4v) is 3.83. The number of halogens is 1. The van der Waals surface area contributed by atoms with Gasteiger partial charge in [0.25, 0.3) is 0 Å². The lowest BCUT2D eigenvalue weighted by atomic mass is 9.98. The van der Waals surface area contributed by atoms with Crippen molar-refractivity contribution in [3.05, 3.63) is 36.3 Å². The molecule has 4 rings (SSSR count). The van der Waals surface area contributed by atoms with Crippen molar-refractivity contribution in [3.63, 3.8) is 0 Å². The van der Waals surface area contributed by atoms with Crippen LogP contribution >= 0.6 is 0 Å². The number of benzene rings is 1. The summed E-state index contributed by atoms with van der Waals surface area (Å²) >= 11 is 0. The molecule has 0 aliphatic carbocycles. The molecule has 2 unspecified atom stereocenters. The monoisotopic (exact) mass is 286 g/mol. The SMILES string of the molecule is CN1C2CCC1CC(n1cc(-c3cccc(F)c3)nn1)C2. The van der Waals surface area contributed by atoms with Crippen LogP contribution in [0, 0.1) is 5.82 Å². The van der Waals surface area contributed by atoms with E-state index in [1.807, 2.05) is 16.9 Å². The Labute approximate surface area is 123 Å². The summed E-state index contributed by atoms with van der Waals surface area (Å²) < 4.78 is 15.3. The topological polar surface area (TPSA) is 34.0 Å². The standard InChI is InChI=1S/C16H19FN4/c1-20-13-5-6-14(20)9-15(8-13)21-10-16(18-19-21)11-3-2-4-12(17)7-11/h2-4,7,10,13-15H,5-6,8-9H2,1H3. The minimum Gasteiger partial charge on any atom is -0.300 e. The van der Waals surface area contributed by atoms with Crippen molar-refractivity contribution in [2.45, 2.75) is 43.8 Å². The molecule has 2 aliphatic rings. The maximum atomic E-state index is 13.3. The van der Waals surface area contributed by atoms with Crippen LogP contribution in [0.1, 0.15) is 31.7 Å². The summed E-state index contributed by atoms with van der Waals surface area (Å²) in [6.45, 7) is 0. The van der Waals surface area contributed by atoms with Crippen LogP contribution in [-0.2, 0) is 0 Å². The second-order valence-electron chi connectivity index (χ2n) is 6.27. The van der Waals surface area contributed by atoms with Crippen molar-refractivity contribution in [1.29, 1.82) is 0 Å². The molecule has 5 heteroatoms. The lowest BCUT2D eigenvalue weighted by Crippen LogP contribution is -2.40. The summed E-state index contributed by atoms with van der Waals surface area (Å²) in [7, 11) is 2.23. The summed E-state index contributed by atoms with van der Waals surface area (Å²) in [5.74, 6) is -0.237. The number of hydrogen-bond donors (Lipinski definition) is 0. The Morgan fingerprint density at radius 2 is 1.90 bits per heavy atom. The quantitative estimate of drug-likeness (QED) is 0.851. The predicted octanol–water partition coefficient (Wildman–Crippen LogP) is 2.88. The number of nitrogens with zero attached hydrogens (tertiary/aromatic N) is 4. The summed E-state index contributed by atoms with van der Waals surface area (Å²) in [5.41, 5.74) is 1.54. The Balaban J connectivity index is 1.58. The van der Waals surface area contributed by atoms with Crippen molar-refractivity contribution in [2.75, 3.05) is 7.05 Å². The van der Waals surface area contributed by atoms with E-state index in [0.717, 1.165) is 24.1 Å². The van der Waals surface area contributed by atoms with Crippen LogP contribution < -0.4 is 0 Å². The third kappa shape index (κ3) is 2.25. The Hall–Kier alpha value is -1.75. The Morgan fingerprint density at radius 3 is 2.62 bits per heavy atom. The van der Waals surface area contributed by atoms with Crippen LogP contribution in [0.5, 0.6) is 0 Å². The molecular weight excluding hydrogens is 267 g/mol. The van der Waals surface area contributed by atoms with Gasteiger partial charge in [-0.1, -0.05) is 17.3 Å². The van der Waals surface area contributed by atoms with Gasteiger partial charge in [-0.3, -0.25) is 0 Å². The molecule has 0 spiro atoms. The maximum absolute atomic E-state index is 13.3. The number of piperidine rings is 1. The van der Waals surface area contributed by atoms with E-state index < -0.39 is 0 Å². The van der Waals surface area contributed by atoms with E-state index in [1.165, 1.54) is 25.0 Å². The zero-order valence-corrected chi connectivity index (χ0v) is 12.1. The predicted molar refractivity (Wildman–Crippen MR) is 78.3 cm³/mol. The third-order valence-corrected chi connectivity index (χ3v) is 5.08. The number of hydrogen-bond acceptors (Lipinski definition) is 3. The van der Waals surface area contributed by atoms with Gasteiger partial charge in [-0.15, -0.1) is 5.10 Å². The molecule has 1 aromatic heterocycles. The molecule has 2 bridgehead atoms. The fourth-order valence-electron chi connectivity index (χ4n) is 3.83. The molecule has 2 aliphatic heterocycles. The molecule has 2 atom stereocenters. The normalized spacial score (nSPS) is 29.0. The molecular formula is C16H19FN4. The van der Waals surface area contributed by atoms with E-state index in [1.54, 1.807) is 6.07 Å². The first-order valence-corrected chi connectivity index (χ1v) is 7.60. The molecule has 0 saturated carbocycles. The molecule has 0 radical (unpaired) electrons. The summed E-state index contributed by atoms with van der Waals surface area (Å²) in [6.07, 6.45) is 6.83. The average Bonchev–Trinajstić information content (AvgIpc) is 3.02. The van der Waals surface area contributed by atoms with Crippen molar-refractivity contribution >= 4 is 0 Å². The second-order valence-corrected chi connectivity index (χ2v) is 6.27. The van der Waals surface area contributed by atoms with Gasteiger partial charge in [-0.25, -0.2) is 9.07 Å². The van der Waals surface area contributed by atoms with Gasteiger partial charge < -0.3 is 4.90 Å². The lowest BCUT2D eigenvalue weighted by molar-refractivity contribution is 0.130. The smallest absolute Gasteiger partial charge is 0.123 e. The maximum Gasteiger partial charge on any atom is 0.123 e. The van der Waals surface area contributed by atoms with Crippen LogP contribution in [0.15, 0.2) is 30.5 Å². The summed E-state index contributed by atoms with van der Waals surface area (Å²) in [6, 6.07) is 8.31. The highest BCUT2D eigenvalue weighted by atomic mass is 19.1. The molecule has 110 valence electrons. The lowest BCUT2D eigenvalue weighted by Gasteiger charge is -2.36. The van der Waals surface area contributed by atoms with E-state index >= 15 is 0 Å². The Kier molecular flexibility index (Phi) is 3.03. The van der Waals surface area contributed by atoms with Crippen LogP contribution in [0.2, 0.25) is 0 Å². The number of fused-ring (bicyclic) bond motifs is 2. The van der Waals surface area contributed by atoms with Gasteiger partial charge in [-0.2, -0.15) is 0 Å². The molecule has 21 heavy (non-hydrogen) atoms. The Morgan fingerprint density at radius 1 is 1.14 bits per heavy atom. The zero-order valence-electron chi connectivity index (χ0n) is 12.1. The van der Waals surface area contributed by atoms with Crippen LogP contribution in [0.3, 0.4) is 0 Å². The van der Waals surface area contributed by atoms with Crippen LogP contribution in [-0.4, -0.2) is 39.0 Å². The van der Waals surface area contributed by atoms with Gasteiger partial charge in [-0.05, 0) is 44.9 Å². The van der Waals surface area contributed by atoms with Crippen molar-refractivity contribution < 1.29 is 4.39 Å². The second kappa shape index (κ2) is 4.91. The van der Waals surface area contributed by atoms with Gasteiger partial charge >= 0.3 is 0 Å². The average molecular weight is 286 g/mol. The highest BCUT2D eigenvalue weighted by Crippen LogP contribution is 2.39. The summed E-state index contributed by atoms with van der Waals surface area (Å²) in [5, 5.41) is 8.52. The Bertz CT molecular complexity index is 639. The van der Waals surface area contributed by atoms with Gasteiger partial charge in [0.05, 0.1) is 12.2 Å². The van der Waals surface area contributed by atoms with Gasteiger partial charge in [0.2, 0.25) is 0 Å². The molecule has 2 aromatic rings. The molecule has 4 nitrogen and oxygen atoms in total. The molecule has 2 saturated heterocycles. The molecule has 3 heterocycles. The molecule has 0 amide bonds. The highest BCUT2D eigenvalue weighted by molar-refractivity contribution is 5.57. The first kappa shape index (κ1) is 13.0. The van der Waals surface area contributed by atoms with Crippen molar-refractivity contribution in [1.82, 2.24) is 19.9 Å². The van der Waals surface area contributed by atoms with E-state index in [-0.39, 0.29) is 5.82 Å². The molecule has 0 N–H and O–H groups in total. The largest absolute Gasteiger partial charge is 0.300 e. The van der Waals surface area contributed by atoms with Crippen LogP contribution in [0.25, 0.3) is 11.3 Å².